The van der Waals surface area contributed by atoms with Gasteiger partial charge in [-0.05, 0) is 31.7 Å². The van der Waals surface area contributed by atoms with Gasteiger partial charge in [0.1, 0.15) is 0 Å². The number of carbonyl (C=O) groups is 1. The third-order valence-corrected chi connectivity index (χ3v) is 3.94. The van der Waals surface area contributed by atoms with Crippen molar-refractivity contribution >= 4 is 5.97 Å². The molecule has 5 nitrogen and oxygen atoms in total. The lowest BCUT2D eigenvalue weighted by Gasteiger charge is -2.43. The number of aliphatic hydroxyl groups excluding tert-OH is 1. The Labute approximate surface area is 102 Å². The number of nitrogens with one attached hydrogen (secondary N) is 2. The van der Waals surface area contributed by atoms with Gasteiger partial charge in [0.2, 0.25) is 0 Å². The molecule has 17 heavy (non-hydrogen) atoms. The summed E-state index contributed by atoms with van der Waals surface area (Å²) >= 11 is 0. The highest BCUT2D eigenvalue weighted by Crippen LogP contribution is 2.25. The summed E-state index contributed by atoms with van der Waals surface area (Å²) < 4.78 is 0. The zero-order valence-corrected chi connectivity index (χ0v) is 10.1. The Hall–Kier alpha value is -0.650. The summed E-state index contributed by atoms with van der Waals surface area (Å²) in [5.74, 6) is -0.257. The molecular formula is C12H22N2O3. The summed E-state index contributed by atoms with van der Waals surface area (Å²) in [5, 5.41) is 25.0. The topological polar surface area (TPSA) is 81.6 Å². The van der Waals surface area contributed by atoms with E-state index in [9.17, 15) is 9.90 Å². The van der Waals surface area contributed by atoms with Crippen LogP contribution >= 0.6 is 0 Å². The molecule has 0 aromatic heterocycles. The summed E-state index contributed by atoms with van der Waals surface area (Å²) in [6, 6.07) is 0. The molecule has 2 fully saturated rings. The molecule has 0 bridgehead atoms. The average Bonchev–Trinajstić information content (AvgIpc) is 2.21. The molecule has 98 valence electrons. The third kappa shape index (κ3) is 3.40. The number of hydrogen-bond acceptors (Lipinski definition) is 4. The molecule has 1 aliphatic heterocycles. The van der Waals surface area contributed by atoms with Crippen LogP contribution in [0.25, 0.3) is 0 Å². The minimum atomic E-state index is -0.748. The van der Waals surface area contributed by atoms with Gasteiger partial charge in [-0.2, -0.15) is 0 Å². The second-order valence-corrected chi connectivity index (χ2v) is 5.52. The number of carboxylic acid groups (broad SMARTS) is 1. The predicted molar refractivity (Wildman–Crippen MR) is 63.8 cm³/mol. The maximum absolute atomic E-state index is 10.8. The molecule has 0 aromatic carbocycles. The van der Waals surface area contributed by atoms with Crippen LogP contribution in [0.2, 0.25) is 0 Å². The predicted octanol–water partition coefficient (Wildman–Crippen LogP) is -0.0562. The van der Waals surface area contributed by atoms with Crippen molar-refractivity contribution in [2.45, 2.75) is 43.7 Å². The largest absolute Gasteiger partial charge is 0.481 e. The van der Waals surface area contributed by atoms with E-state index in [0.717, 1.165) is 45.3 Å². The van der Waals surface area contributed by atoms with Crippen LogP contribution in [0.5, 0.6) is 0 Å². The van der Waals surface area contributed by atoms with E-state index < -0.39 is 5.97 Å². The van der Waals surface area contributed by atoms with Crippen molar-refractivity contribution in [3.05, 3.63) is 0 Å². The number of aliphatic hydroxyl groups is 1. The molecule has 1 saturated carbocycles. The van der Waals surface area contributed by atoms with Crippen LogP contribution < -0.4 is 10.6 Å². The van der Waals surface area contributed by atoms with Gasteiger partial charge in [0.25, 0.3) is 0 Å². The van der Waals surface area contributed by atoms with Gasteiger partial charge >= 0.3 is 5.97 Å². The van der Waals surface area contributed by atoms with Crippen LogP contribution in [0, 0.1) is 5.92 Å². The van der Waals surface area contributed by atoms with Gasteiger partial charge < -0.3 is 20.8 Å². The molecule has 0 aromatic rings. The smallest absolute Gasteiger partial charge is 0.305 e. The lowest BCUT2D eigenvalue weighted by Crippen LogP contribution is -2.69. The summed E-state index contributed by atoms with van der Waals surface area (Å²) in [6.45, 7) is 2.29. The van der Waals surface area contributed by atoms with E-state index in [4.69, 9.17) is 5.11 Å². The zero-order valence-electron chi connectivity index (χ0n) is 10.1. The molecule has 0 amide bonds. The van der Waals surface area contributed by atoms with Crippen molar-refractivity contribution in [3.63, 3.8) is 0 Å². The molecule has 2 aliphatic rings. The average molecular weight is 242 g/mol. The molecule has 0 radical (unpaired) electrons. The zero-order chi connectivity index (χ0) is 12.3. The normalized spacial score (nSPS) is 31.8. The summed E-state index contributed by atoms with van der Waals surface area (Å²) in [5.41, 5.74) is -0.256. The SMILES string of the molecule is O=C(O)CC1(NCC2CCCC(O)C2)CNC1. The van der Waals surface area contributed by atoms with Gasteiger partial charge in [-0.15, -0.1) is 0 Å². The van der Waals surface area contributed by atoms with E-state index in [1.54, 1.807) is 0 Å². The quantitative estimate of drug-likeness (QED) is 0.543. The number of carboxylic acids is 1. The lowest BCUT2D eigenvalue weighted by molar-refractivity contribution is -0.139. The molecule has 0 spiro atoms. The van der Waals surface area contributed by atoms with Crippen LogP contribution in [0.1, 0.15) is 32.1 Å². The van der Waals surface area contributed by atoms with E-state index in [1.807, 2.05) is 0 Å². The first-order chi connectivity index (χ1) is 8.10. The van der Waals surface area contributed by atoms with Crippen LogP contribution in [0.15, 0.2) is 0 Å². The standard InChI is InChI=1S/C12H22N2O3/c15-10-3-1-2-9(4-10)6-14-12(5-11(16)17)7-13-8-12/h9-10,13-15H,1-8H2,(H,16,17). The Morgan fingerprint density at radius 1 is 1.41 bits per heavy atom. The van der Waals surface area contributed by atoms with Crippen LogP contribution in [0.3, 0.4) is 0 Å². The fourth-order valence-electron chi connectivity index (χ4n) is 2.84. The molecule has 4 N–H and O–H groups in total. The molecule has 5 heteroatoms. The van der Waals surface area contributed by atoms with E-state index >= 15 is 0 Å². The van der Waals surface area contributed by atoms with Crippen molar-refractivity contribution < 1.29 is 15.0 Å². The maximum Gasteiger partial charge on any atom is 0.305 e. The Morgan fingerprint density at radius 2 is 2.18 bits per heavy atom. The second-order valence-electron chi connectivity index (χ2n) is 5.52. The molecule has 2 atom stereocenters. The Balaban J connectivity index is 1.77. The molecule has 1 saturated heterocycles. The molecule has 2 unspecified atom stereocenters. The van der Waals surface area contributed by atoms with Gasteiger partial charge in [0.05, 0.1) is 18.1 Å². The Morgan fingerprint density at radius 3 is 2.71 bits per heavy atom. The summed E-state index contributed by atoms with van der Waals surface area (Å²) in [6.07, 6.45) is 4.00. The van der Waals surface area contributed by atoms with Crippen molar-refractivity contribution in [2.24, 2.45) is 5.92 Å². The molecule has 2 rings (SSSR count). The first-order valence-electron chi connectivity index (χ1n) is 6.45. The van der Waals surface area contributed by atoms with Gasteiger partial charge in [-0.25, -0.2) is 0 Å². The second kappa shape index (κ2) is 5.33. The summed E-state index contributed by atoms with van der Waals surface area (Å²) in [4.78, 5) is 10.8. The van der Waals surface area contributed by atoms with Crippen molar-refractivity contribution in [3.8, 4) is 0 Å². The highest BCUT2D eigenvalue weighted by atomic mass is 16.4. The van der Waals surface area contributed by atoms with Crippen molar-refractivity contribution in [2.75, 3.05) is 19.6 Å². The van der Waals surface area contributed by atoms with E-state index in [1.165, 1.54) is 0 Å². The molecule has 1 heterocycles. The van der Waals surface area contributed by atoms with Crippen LogP contribution in [-0.4, -0.2) is 47.5 Å². The fourth-order valence-corrected chi connectivity index (χ4v) is 2.84. The Bertz CT molecular complexity index is 279. The van der Waals surface area contributed by atoms with Crippen LogP contribution in [0.4, 0.5) is 0 Å². The Kier molecular flexibility index (Phi) is 4.01. The van der Waals surface area contributed by atoms with Crippen molar-refractivity contribution in [1.29, 1.82) is 0 Å². The first kappa shape index (κ1) is 12.8. The third-order valence-electron chi connectivity index (χ3n) is 3.94. The minimum absolute atomic E-state index is 0.162. The fraction of sp³-hybridized carbons (Fsp3) is 0.917. The number of hydrogen-bond donors (Lipinski definition) is 4. The summed E-state index contributed by atoms with van der Waals surface area (Å²) in [7, 11) is 0. The lowest BCUT2D eigenvalue weighted by atomic mass is 9.84. The first-order valence-corrected chi connectivity index (χ1v) is 6.45. The van der Waals surface area contributed by atoms with Gasteiger partial charge in [0.15, 0.2) is 0 Å². The van der Waals surface area contributed by atoms with Gasteiger partial charge in [-0.3, -0.25) is 4.79 Å². The van der Waals surface area contributed by atoms with E-state index in [2.05, 4.69) is 10.6 Å². The minimum Gasteiger partial charge on any atom is -0.481 e. The van der Waals surface area contributed by atoms with Crippen LogP contribution in [-0.2, 0) is 4.79 Å². The monoisotopic (exact) mass is 242 g/mol. The maximum atomic E-state index is 10.8. The van der Waals surface area contributed by atoms with Gasteiger partial charge in [0, 0.05) is 13.1 Å². The van der Waals surface area contributed by atoms with E-state index in [-0.39, 0.29) is 18.1 Å². The highest BCUT2D eigenvalue weighted by molar-refractivity contribution is 5.68. The number of aliphatic carboxylic acids is 1. The van der Waals surface area contributed by atoms with Crippen molar-refractivity contribution in [1.82, 2.24) is 10.6 Å². The van der Waals surface area contributed by atoms with E-state index in [0.29, 0.717) is 5.92 Å². The molecule has 1 aliphatic carbocycles. The number of rotatable bonds is 5. The van der Waals surface area contributed by atoms with Gasteiger partial charge in [-0.1, -0.05) is 6.42 Å². The highest BCUT2D eigenvalue weighted by Gasteiger charge is 2.39. The molecular weight excluding hydrogens is 220 g/mol.